The summed E-state index contributed by atoms with van der Waals surface area (Å²) in [6, 6.07) is 15.1. The molecule has 1 fully saturated rings. The number of benzene rings is 2. The fourth-order valence-electron chi connectivity index (χ4n) is 3.45. The van der Waals surface area contributed by atoms with Crippen LogP contribution < -0.4 is 0 Å². The van der Waals surface area contributed by atoms with Crippen LogP contribution in [0.2, 0.25) is 0 Å². The Kier molecular flexibility index (Phi) is 4.42. The molecule has 1 saturated heterocycles. The highest BCUT2D eigenvalue weighted by Gasteiger charge is 2.18. The Morgan fingerprint density at radius 1 is 1.21 bits per heavy atom. The number of rotatable bonds is 3. The highest BCUT2D eigenvalue weighted by molar-refractivity contribution is 9.10. The molecule has 4 heteroatoms. The van der Waals surface area contributed by atoms with E-state index in [1.54, 1.807) is 0 Å². The Balaban J connectivity index is 1.63. The molecule has 0 bridgehead atoms. The van der Waals surface area contributed by atoms with Gasteiger partial charge in [-0.3, -0.25) is 4.90 Å². The lowest BCUT2D eigenvalue weighted by molar-refractivity contribution is 0.152. The summed E-state index contributed by atoms with van der Waals surface area (Å²) in [5.74, 6) is 0.668. The molecular weight excluding hydrogens is 364 g/mol. The zero-order chi connectivity index (χ0) is 16.5. The second-order valence-electron chi connectivity index (χ2n) is 6.62. The minimum absolute atomic E-state index is 0.668. The van der Waals surface area contributed by atoms with Crippen LogP contribution in [0, 0.1) is 0 Å². The van der Waals surface area contributed by atoms with E-state index in [9.17, 15) is 0 Å². The molecule has 1 aliphatic heterocycles. The van der Waals surface area contributed by atoms with Gasteiger partial charge >= 0.3 is 0 Å². The van der Waals surface area contributed by atoms with Gasteiger partial charge in [0.15, 0.2) is 5.58 Å². The van der Waals surface area contributed by atoms with Gasteiger partial charge in [-0.05, 0) is 72.1 Å². The molecule has 2 aromatic carbocycles. The van der Waals surface area contributed by atoms with Crippen molar-refractivity contribution in [3.8, 4) is 11.5 Å². The summed E-state index contributed by atoms with van der Waals surface area (Å²) in [6.45, 7) is 4.52. The smallest absolute Gasteiger partial charge is 0.228 e. The van der Waals surface area contributed by atoms with E-state index in [1.165, 1.54) is 31.4 Å². The molecule has 0 saturated carbocycles. The molecular formula is C20H21BrN2O. The van der Waals surface area contributed by atoms with Crippen molar-refractivity contribution in [2.75, 3.05) is 6.54 Å². The van der Waals surface area contributed by atoms with Crippen LogP contribution in [0.4, 0.5) is 0 Å². The van der Waals surface area contributed by atoms with Crippen LogP contribution in [0.3, 0.4) is 0 Å². The molecule has 0 spiro atoms. The molecule has 0 unspecified atom stereocenters. The van der Waals surface area contributed by atoms with Gasteiger partial charge in [-0.15, -0.1) is 0 Å². The first-order chi connectivity index (χ1) is 11.7. The third-order valence-corrected chi connectivity index (χ3v) is 5.57. The Labute approximate surface area is 150 Å². The second kappa shape index (κ2) is 6.69. The molecule has 24 heavy (non-hydrogen) atoms. The second-order valence-corrected chi connectivity index (χ2v) is 7.47. The summed E-state index contributed by atoms with van der Waals surface area (Å²) >= 11 is 3.57. The summed E-state index contributed by atoms with van der Waals surface area (Å²) in [4.78, 5) is 7.27. The number of hydrogen-bond donors (Lipinski definition) is 0. The Hall–Kier alpha value is -1.65. The van der Waals surface area contributed by atoms with E-state index in [0.717, 1.165) is 27.7 Å². The fourth-order valence-corrected chi connectivity index (χ4v) is 3.90. The van der Waals surface area contributed by atoms with Gasteiger partial charge in [0, 0.05) is 17.1 Å². The van der Waals surface area contributed by atoms with Crippen LogP contribution in [-0.2, 0) is 6.54 Å². The molecule has 3 nitrogen and oxygen atoms in total. The number of oxazole rings is 1. The predicted octanol–water partition coefficient (Wildman–Crippen LogP) is 5.63. The maximum Gasteiger partial charge on any atom is 0.228 e. The molecule has 124 valence electrons. The minimum Gasteiger partial charge on any atom is -0.436 e. The van der Waals surface area contributed by atoms with Gasteiger partial charge in [-0.25, -0.2) is 4.98 Å². The Morgan fingerprint density at radius 3 is 2.92 bits per heavy atom. The number of fused-ring (bicyclic) bond motifs is 1. The van der Waals surface area contributed by atoms with Crippen molar-refractivity contribution in [1.82, 2.24) is 9.88 Å². The maximum absolute atomic E-state index is 5.95. The Morgan fingerprint density at radius 2 is 2.08 bits per heavy atom. The first-order valence-electron chi connectivity index (χ1n) is 8.59. The van der Waals surface area contributed by atoms with Crippen LogP contribution in [0.5, 0.6) is 0 Å². The number of likely N-dealkylation sites (tertiary alicyclic amines) is 1. The van der Waals surface area contributed by atoms with E-state index < -0.39 is 0 Å². The fraction of sp³-hybridized carbons (Fsp3) is 0.350. The first-order valence-corrected chi connectivity index (χ1v) is 9.38. The highest BCUT2D eigenvalue weighted by atomic mass is 79.9. The lowest BCUT2D eigenvalue weighted by Crippen LogP contribution is -2.36. The number of halogens is 1. The normalized spacial score (nSPS) is 19.0. The van der Waals surface area contributed by atoms with Crippen molar-refractivity contribution in [2.45, 2.75) is 38.8 Å². The highest BCUT2D eigenvalue weighted by Crippen LogP contribution is 2.30. The summed E-state index contributed by atoms with van der Waals surface area (Å²) in [5.41, 5.74) is 4.07. The van der Waals surface area contributed by atoms with E-state index in [0.29, 0.717) is 11.9 Å². The average molecular weight is 385 g/mol. The van der Waals surface area contributed by atoms with Gasteiger partial charge in [0.25, 0.3) is 0 Å². The topological polar surface area (TPSA) is 29.3 Å². The zero-order valence-corrected chi connectivity index (χ0v) is 15.4. The third-order valence-electron chi connectivity index (χ3n) is 4.88. The van der Waals surface area contributed by atoms with E-state index in [1.807, 2.05) is 30.3 Å². The van der Waals surface area contributed by atoms with E-state index in [-0.39, 0.29) is 0 Å². The number of piperidine rings is 1. The minimum atomic E-state index is 0.668. The van der Waals surface area contributed by atoms with Crippen molar-refractivity contribution >= 4 is 27.0 Å². The van der Waals surface area contributed by atoms with Crippen molar-refractivity contribution in [2.24, 2.45) is 0 Å². The van der Waals surface area contributed by atoms with Gasteiger partial charge in [0.05, 0.1) is 5.56 Å². The number of hydrogen-bond acceptors (Lipinski definition) is 3. The van der Waals surface area contributed by atoms with Crippen LogP contribution in [-0.4, -0.2) is 22.5 Å². The van der Waals surface area contributed by atoms with Gasteiger partial charge in [0.1, 0.15) is 5.52 Å². The molecule has 1 aliphatic rings. The van der Waals surface area contributed by atoms with Gasteiger partial charge in [-0.2, -0.15) is 0 Å². The predicted molar refractivity (Wildman–Crippen MR) is 101 cm³/mol. The van der Waals surface area contributed by atoms with E-state index in [4.69, 9.17) is 9.40 Å². The zero-order valence-electron chi connectivity index (χ0n) is 13.8. The molecule has 2 heterocycles. The number of nitrogens with zero attached hydrogens (tertiary/aromatic N) is 2. The summed E-state index contributed by atoms with van der Waals surface area (Å²) in [5, 5.41) is 0. The monoisotopic (exact) mass is 384 g/mol. The van der Waals surface area contributed by atoms with Crippen LogP contribution in [0.1, 0.15) is 31.7 Å². The van der Waals surface area contributed by atoms with Gasteiger partial charge in [-0.1, -0.05) is 24.6 Å². The molecule has 3 aromatic rings. The quantitative estimate of drug-likeness (QED) is 0.585. The SMILES string of the molecule is C[C@H]1CCCCN1Cc1ccc2oc(-c3ccccc3Br)nc2c1. The maximum atomic E-state index is 5.95. The molecule has 1 atom stereocenters. The molecule has 0 amide bonds. The third kappa shape index (κ3) is 3.13. The standard InChI is InChI=1S/C20H21BrN2O/c1-14-6-4-5-11-23(14)13-15-9-10-19-18(12-15)22-20(24-19)16-7-2-3-8-17(16)21/h2-3,7-10,12,14H,4-6,11,13H2,1H3/t14-/m0/s1. The first kappa shape index (κ1) is 15.9. The van der Waals surface area contributed by atoms with E-state index >= 15 is 0 Å². The summed E-state index contributed by atoms with van der Waals surface area (Å²) < 4.78 is 6.95. The molecule has 0 aliphatic carbocycles. The molecule has 0 radical (unpaired) electrons. The lowest BCUT2D eigenvalue weighted by Gasteiger charge is -2.33. The summed E-state index contributed by atoms with van der Waals surface area (Å²) in [7, 11) is 0. The van der Waals surface area contributed by atoms with Gasteiger partial charge < -0.3 is 4.42 Å². The molecule has 4 rings (SSSR count). The average Bonchev–Trinajstić information content (AvgIpc) is 3.00. The lowest BCUT2D eigenvalue weighted by atomic mass is 10.0. The number of aromatic nitrogens is 1. The summed E-state index contributed by atoms with van der Waals surface area (Å²) in [6.07, 6.45) is 3.97. The van der Waals surface area contributed by atoms with Crippen molar-refractivity contribution in [1.29, 1.82) is 0 Å². The van der Waals surface area contributed by atoms with Crippen molar-refractivity contribution in [3.63, 3.8) is 0 Å². The van der Waals surface area contributed by atoms with E-state index in [2.05, 4.69) is 39.9 Å². The molecule has 1 aromatic heterocycles. The molecule has 0 N–H and O–H groups in total. The van der Waals surface area contributed by atoms with Crippen LogP contribution >= 0.6 is 15.9 Å². The van der Waals surface area contributed by atoms with Crippen LogP contribution in [0.15, 0.2) is 51.4 Å². The van der Waals surface area contributed by atoms with Crippen LogP contribution in [0.25, 0.3) is 22.6 Å². The van der Waals surface area contributed by atoms with Crippen molar-refractivity contribution < 1.29 is 4.42 Å². The van der Waals surface area contributed by atoms with Crippen molar-refractivity contribution in [3.05, 3.63) is 52.5 Å². The Bertz CT molecular complexity index is 858. The largest absolute Gasteiger partial charge is 0.436 e. The van der Waals surface area contributed by atoms with Gasteiger partial charge in [0.2, 0.25) is 5.89 Å².